The SMILES string of the molecule is CO[C@H]1C(=O)N2C(C(=O)OC(C)(C)C)=C(COC(=O)N[C@@H](Cc3ccccc3)C(=O)O)CS(=O)(=O)C12. The number of carbonyl (C=O) groups is 4. The number of esters is 1. The van der Waals surface area contributed by atoms with Gasteiger partial charge in [0.05, 0.1) is 5.75 Å². The van der Waals surface area contributed by atoms with E-state index in [1.807, 2.05) is 0 Å². The number of fused-ring (bicyclic) bond motifs is 1. The Hall–Kier alpha value is -3.45. The van der Waals surface area contributed by atoms with Crippen LogP contribution in [0.25, 0.3) is 0 Å². The third-order valence-electron chi connectivity index (χ3n) is 5.41. The number of sulfone groups is 1. The molecule has 3 rings (SSSR count). The van der Waals surface area contributed by atoms with Crippen molar-refractivity contribution in [3.05, 3.63) is 47.2 Å². The van der Waals surface area contributed by atoms with Crippen LogP contribution in [0.15, 0.2) is 41.6 Å². The van der Waals surface area contributed by atoms with E-state index in [2.05, 4.69) is 5.32 Å². The summed E-state index contributed by atoms with van der Waals surface area (Å²) in [5, 5.41) is 10.3. The molecule has 13 heteroatoms. The van der Waals surface area contributed by atoms with Crippen molar-refractivity contribution in [1.82, 2.24) is 10.2 Å². The zero-order valence-corrected chi connectivity index (χ0v) is 21.0. The highest BCUT2D eigenvalue weighted by Gasteiger charge is 2.61. The summed E-state index contributed by atoms with van der Waals surface area (Å²) in [4.78, 5) is 50.3. The number of hydrogen-bond donors (Lipinski definition) is 2. The third-order valence-corrected chi connectivity index (χ3v) is 7.35. The second kappa shape index (κ2) is 10.3. The molecule has 36 heavy (non-hydrogen) atoms. The summed E-state index contributed by atoms with van der Waals surface area (Å²) in [7, 11) is -2.81. The Kier molecular flexibility index (Phi) is 7.74. The van der Waals surface area contributed by atoms with Gasteiger partial charge in [0, 0.05) is 19.1 Å². The molecule has 1 aromatic carbocycles. The first kappa shape index (κ1) is 27.1. The summed E-state index contributed by atoms with van der Waals surface area (Å²) in [6.45, 7) is 4.11. The molecule has 3 atom stereocenters. The number of nitrogens with one attached hydrogen (secondary N) is 1. The number of alkyl carbamates (subject to hydrolysis) is 1. The van der Waals surface area contributed by atoms with Crippen LogP contribution in [-0.2, 0) is 44.9 Å². The Bertz CT molecular complexity index is 1190. The van der Waals surface area contributed by atoms with Gasteiger partial charge in [0.1, 0.15) is 23.9 Å². The van der Waals surface area contributed by atoms with Crippen molar-refractivity contribution in [2.75, 3.05) is 19.5 Å². The van der Waals surface area contributed by atoms with Crippen molar-refractivity contribution in [2.24, 2.45) is 0 Å². The number of carboxylic acids is 1. The Balaban J connectivity index is 1.82. The molecule has 0 aromatic heterocycles. The van der Waals surface area contributed by atoms with Gasteiger partial charge in [-0.15, -0.1) is 0 Å². The number of benzene rings is 1. The molecule has 2 amide bonds. The van der Waals surface area contributed by atoms with E-state index in [4.69, 9.17) is 14.2 Å². The minimum atomic E-state index is -3.99. The summed E-state index contributed by atoms with van der Waals surface area (Å²) in [6.07, 6.45) is -2.43. The Morgan fingerprint density at radius 3 is 2.39 bits per heavy atom. The normalized spacial score (nSPS) is 21.7. The average molecular weight is 525 g/mol. The number of methoxy groups -OCH3 is 1. The van der Waals surface area contributed by atoms with Gasteiger partial charge < -0.3 is 24.6 Å². The molecule has 1 saturated heterocycles. The Morgan fingerprint density at radius 1 is 1.19 bits per heavy atom. The van der Waals surface area contributed by atoms with Crippen LogP contribution in [0.1, 0.15) is 26.3 Å². The zero-order valence-electron chi connectivity index (χ0n) is 20.2. The number of rotatable bonds is 8. The van der Waals surface area contributed by atoms with E-state index < -0.39 is 69.3 Å². The topological polar surface area (TPSA) is 166 Å². The minimum absolute atomic E-state index is 0.0200. The van der Waals surface area contributed by atoms with Crippen LogP contribution >= 0.6 is 0 Å². The molecule has 2 aliphatic rings. The summed E-state index contributed by atoms with van der Waals surface area (Å²) < 4.78 is 41.1. The van der Waals surface area contributed by atoms with Gasteiger partial charge in [-0.3, -0.25) is 9.69 Å². The number of β-lactam (4-membered cyclic amide) rings is 1. The van der Waals surface area contributed by atoms with Gasteiger partial charge in [-0.2, -0.15) is 0 Å². The van der Waals surface area contributed by atoms with Gasteiger partial charge in [0.15, 0.2) is 21.3 Å². The average Bonchev–Trinajstić information content (AvgIpc) is 2.76. The lowest BCUT2D eigenvalue weighted by molar-refractivity contribution is -0.167. The van der Waals surface area contributed by atoms with Crippen LogP contribution in [0.4, 0.5) is 4.79 Å². The smallest absolute Gasteiger partial charge is 0.408 e. The Morgan fingerprint density at radius 2 is 1.83 bits per heavy atom. The highest BCUT2D eigenvalue weighted by Crippen LogP contribution is 2.38. The fourth-order valence-corrected chi connectivity index (χ4v) is 5.89. The van der Waals surface area contributed by atoms with Gasteiger partial charge in [0.2, 0.25) is 0 Å². The molecule has 1 aromatic rings. The lowest BCUT2D eigenvalue weighted by Gasteiger charge is -2.48. The van der Waals surface area contributed by atoms with Crippen molar-refractivity contribution < 1.29 is 46.9 Å². The molecule has 2 aliphatic heterocycles. The maximum Gasteiger partial charge on any atom is 0.408 e. The van der Waals surface area contributed by atoms with E-state index in [1.54, 1.807) is 51.1 Å². The second-order valence-corrected chi connectivity index (χ2v) is 11.4. The lowest BCUT2D eigenvalue weighted by atomic mass is 10.0. The number of carboxylic acid groups (broad SMARTS) is 1. The van der Waals surface area contributed by atoms with E-state index in [0.717, 1.165) is 4.90 Å². The van der Waals surface area contributed by atoms with Gasteiger partial charge in [-0.1, -0.05) is 30.3 Å². The highest BCUT2D eigenvalue weighted by atomic mass is 32.2. The largest absolute Gasteiger partial charge is 0.480 e. The van der Waals surface area contributed by atoms with Gasteiger partial charge in [-0.25, -0.2) is 22.8 Å². The maximum absolute atomic E-state index is 12.9. The number of carbonyl (C=O) groups excluding carboxylic acids is 3. The van der Waals surface area contributed by atoms with Crippen molar-refractivity contribution in [1.29, 1.82) is 0 Å². The summed E-state index contributed by atoms with van der Waals surface area (Å²) >= 11 is 0. The van der Waals surface area contributed by atoms with Gasteiger partial charge >= 0.3 is 18.0 Å². The van der Waals surface area contributed by atoms with Gasteiger partial charge in [0.25, 0.3) is 5.91 Å². The molecule has 196 valence electrons. The molecule has 0 radical (unpaired) electrons. The summed E-state index contributed by atoms with van der Waals surface area (Å²) in [5.41, 5.74) is -0.808. The molecule has 0 aliphatic carbocycles. The molecule has 2 N–H and O–H groups in total. The van der Waals surface area contributed by atoms with Crippen LogP contribution in [0, 0.1) is 0 Å². The third kappa shape index (κ3) is 5.85. The van der Waals surface area contributed by atoms with E-state index in [9.17, 15) is 32.7 Å². The van der Waals surface area contributed by atoms with E-state index in [0.29, 0.717) is 5.56 Å². The van der Waals surface area contributed by atoms with Crippen LogP contribution in [-0.4, -0.2) is 85.0 Å². The van der Waals surface area contributed by atoms with Crippen molar-refractivity contribution in [3.8, 4) is 0 Å². The minimum Gasteiger partial charge on any atom is -0.480 e. The zero-order chi connectivity index (χ0) is 26.8. The molecule has 0 spiro atoms. The molecule has 0 saturated carbocycles. The van der Waals surface area contributed by atoms with Gasteiger partial charge in [-0.05, 0) is 26.3 Å². The second-order valence-electron chi connectivity index (χ2n) is 9.32. The number of amides is 2. The Labute approximate surface area is 208 Å². The predicted molar refractivity (Wildman–Crippen MR) is 124 cm³/mol. The summed E-state index contributed by atoms with van der Waals surface area (Å²) in [5.74, 6) is -3.70. The fourth-order valence-electron chi connectivity index (χ4n) is 3.87. The van der Waals surface area contributed by atoms with Crippen molar-refractivity contribution in [2.45, 2.75) is 50.3 Å². The quantitative estimate of drug-likeness (QED) is 0.363. The predicted octanol–water partition coefficient (Wildman–Crippen LogP) is 0.616. The molecular formula is C23H28N2O10S. The van der Waals surface area contributed by atoms with Crippen molar-refractivity contribution >= 4 is 33.8 Å². The molecule has 1 fully saturated rings. The summed E-state index contributed by atoms with van der Waals surface area (Å²) in [6, 6.07) is 7.27. The van der Waals surface area contributed by atoms with Crippen LogP contribution in [0.3, 0.4) is 0 Å². The fraction of sp³-hybridized carbons (Fsp3) is 0.478. The lowest BCUT2D eigenvalue weighted by Crippen LogP contribution is -2.70. The van der Waals surface area contributed by atoms with Crippen LogP contribution in [0.5, 0.6) is 0 Å². The molecule has 0 bridgehead atoms. The first-order valence-corrected chi connectivity index (χ1v) is 12.7. The molecular weight excluding hydrogens is 496 g/mol. The molecule has 12 nitrogen and oxygen atoms in total. The van der Waals surface area contributed by atoms with Crippen LogP contribution in [0.2, 0.25) is 0 Å². The monoisotopic (exact) mass is 524 g/mol. The highest BCUT2D eigenvalue weighted by molar-refractivity contribution is 7.92. The molecule has 1 unspecified atom stereocenters. The first-order valence-electron chi connectivity index (χ1n) is 11.0. The number of ether oxygens (including phenoxy) is 3. The maximum atomic E-state index is 12.9. The number of nitrogens with zero attached hydrogens (tertiary/aromatic N) is 1. The number of hydrogen-bond acceptors (Lipinski definition) is 9. The first-order chi connectivity index (χ1) is 16.7. The molecule has 2 heterocycles. The standard InChI is InChI=1S/C23H28N2O10S/c1-23(2,3)35-21(29)16-14(12-36(31,32)19-17(33-4)18(26)25(16)19)11-34-22(30)24-15(20(27)28)10-13-8-6-5-7-9-13/h5-9,15,17,19H,10-12H2,1-4H3,(H,24,30)(H,27,28)/t15-,17-,19?/m0/s1. The van der Waals surface area contributed by atoms with Crippen LogP contribution < -0.4 is 5.32 Å². The van der Waals surface area contributed by atoms with Crippen molar-refractivity contribution in [3.63, 3.8) is 0 Å². The van der Waals surface area contributed by atoms with E-state index in [1.165, 1.54) is 7.11 Å². The van der Waals surface area contributed by atoms with E-state index >= 15 is 0 Å². The van der Waals surface area contributed by atoms with E-state index in [-0.39, 0.29) is 17.7 Å². The number of aliphatic carboxylic acids is 1.